The van der Waals surface area contributed by atoms with Gasteiger partial charge in [-0.3, -0.25) is 9.69 Å². The summed E-state index contributed by atoms with van der Waals surface area (Å²) in [6.07, 6.45) is 5.97. The number of amides is 1. The summed E-state index contributed by atoms with van der Waals surface area (Å²) in [7, 11) is 2.10. The summed E-state index contributed by atoms with van der Waals surface area (Å²) in [5, 5.41) is 13.6. The van der Waals surface area contributed by atoms with Crippen LogP contribution in [0.1, 0.15) is 24.5 Å². The van der Waals surface area contributed by atoms with E-state index in [1.807, 2.05) is 6.92 Å². The number of aromatic amines is 1. The number of hydrogen-bond acceptors (Lipinski definition) is 3. The average Bonchev–Trinajstić information content (AvgIpc) is 3.04. The molecule has 1 aromatic carbocycles. The number of H-pyrrole nitrogens is 1. The Morgan fingerprint density at radius 3 is 3.08 bits per heavy atom. The number of rotatable bonds is 4. The number of carbonyl (C=O) groups excluding carboxylic acids is 1. The SMILES string of the molecule is CCC(CO)NC(=O)[C@H]1C=C2c3cccc4[nH]cc(c34)C[C@@H]2N(C)C1. The normalized spacial score (nSPS) is 23.9. The van der Waals surface area contributed by atoms with E-state index in [-0.39, 0.29) is 24.5 Å². The van der Waals surface area contributed by atoms with E-state index in [9.17, 15) is 9.90 Å². The Morgan fingerprint density at radius 2 is 2.32 bits per heavy atom. The predicted octanol–water partition coefficient (Wildman–Crippen LogP) is 1.92. The Morgan fingerprint density at radius 1 is 1.48 bits per heavy atom. The summed E-state index contributed by atoms with van der Waals surface area (Å²) in [6, 6.07) is 6.49. The number of nitrogens with zero attached hydrogens (tertiary/aromatic N) is 1. The van der Waals surface area contributed by atoms with Crippen LogP contribution in [0.4, 0.5) is 0 Å². The van der Waals surface area contributed by atoms with Crippen molar-refractivity contribution in [3.8, 4) is 0 Å². The van der Waals surface area contributed by atoms with Crippen LogP contribution >= 0.6 is 0 Å². The van der Waals surface area contributed by atoms with Gasteiger partial charge in [0.05, 0.1) is 18.6 Å². The highest BCUT2D eigenvalue weighted by molar-refractivity contribution is 5.99. The quantitative estimate of drug-likeness (QED) is 0.797. The Labute approximate surface area is 147 Å². The molecule has 0 fully saturated rings. The Balaban J connectivity index is 1.71. The maximum Gasteiger partial charge on any atom is 0.228 e. The minimum absolute atomic E-state index is 0.00532. The molecular formula is C20H25N3O2. The molecule has 3 N–H and O–H groups in total. The fourth-order valence-electron chi connectivity index (χ4n) is 4.20. The summed E-state index contributed by atoms with van der Waals surface area (Å²) in [5.41, 5.74) is 5.01. The molecule has 0 saturated heterocycles. The van der Waals surface area contributed by atoms with Gasteiger partial charge in [-0.05, 0) is 42.7 Å². The van der Waals surface area contributed by atoms with Gasteiger partial charge in [-0.1, -0.05) is 25.1 Å². The molecular weight excluding hydrogens is 314 g/mol. The third kappa shape index (κ3) is 2.68. The molecule has 4 rings (SSSR count). The van der Waals surface area contributed by atoms with E-state index in [0.29, 0.717) is 12.6 Å². The molecule has 5 heteroatoms. The van der Waals surface area contributed by atoms with Crippen LogP contribution in [-0.2, 0) is 11.2 Å². The van der Waals surface area contributed by atoms with E-state index in [1.165, 1.54) is 22.1 Å². The van der Waals surface area contributed by atoms with Gasteiger partial charge in [0.25, 0.3) is 0 Å². The van der Waals surface area contributed by atoms with Gasteiger partial charge in [-0.2, -0.15) is 0 Å². The van der Waals surface area contributed by atoms with Crippen LogP contribution in [0.3, 0.4) is 0 Å². The standard InChI is InChI=1S/C20H25N3O2/c1-3-14(11-24)22-20(25)13-7-16-15-5-4-6-17-19(15)12(9-21-17)8-18(16)23(2)10-13/h4-7,9,13-14,18,21,24H,3,8,10-11H2,1-2H3,(H,22,25)/t13-,14?,18-/m0/s1. The van der Waals surface area contributed by atoms with Gasteiger partial charge in [-0.15, -0.1) is 0 Å². The Kier molecular flexibility index (Phi) is 4.13. The molecule has 1 unspecified atom stereocenters. The van der Waals surface area contributed by atoms with Crippen LogP contribution in [0.15, 0.2) is 30.5 Å². The fraction of sp³-hybridized carbons (Fsp3) is 0.450. The first-order chi connectivity index (χ1) is 12.1. The number of aliphatic hydroxyl groups excluding tert-OH is 1. The van der Waals surface area contributed by atoms with Crippen LogP contribution in [0.5, 0.6) is 0 Å². The highest BCUT2D eigenvalue weighted by atomic mass is 16.3. The van der Waals surface area contributed by atoms with Crippen molar-refractivity contribution < 1.29 is 9.90 Å². The lowest BCUT2D eigenvalue weighted by atomic mass is 9.80. The second kappa shape index (κ2) is 6.32. The zero-order chi connectivity index (χ0) is 17.6. The lowest BCUT2D eigenvalue weighted by molar-refractivity contribution is -0.125. The van der Waals surface area contributed by atoms with Crippen LogP contribution < -0.4 is 5.32 Å². The van der Waals surface area contributed by atoms with Crippen molar-refractivity contribution in [1.82, 2.24) is 15.2 Å². The molecule has 0 saturated carbocycles. The average molecular weight is 339 g/mol. The van der Waals surface area contributed by atoms with E-state index < -0.39 is 0 Å². The molecule has 1 aromatic heterocycles. The highest BCUT2D eigenvalue weighted by Crippen LogP contribution is 2.40. The Bertz CT molecular complexity index is 835. The van der Waals surface area contributed by atoms with Crippen molar-refractivity contribution in [3.63, 3.8) is 0 Å². The maximum atomic E-state index is 12.7. The lowest BCUT2D eigenvalue weighted by Gasteiger charge is -2.39. The van der Waals surface area contributed by atoms with Crippen molar-refractivity contribution in [2.24, 2.45) is 5.92 Å². The minimum atomic E-state index is -0.187. The molecule has 1 aliphatic heterocycles. The number of benzene rings is 1. The van der Waals surface area contributed by atoms with Gasteiger partial charge in [0, 0.05) is 29.7 Å². The van der Waals surface area contributed by atoms with Crippen molar-refractivity contribution in [2.45, 2.75) is 31.8 Å². The van der Waals surface area contributed by atoms with Crippen molar-refractivity contribution in [3.05, 3.63) is 41.6 Å². The molecule has 2 heterocycles. The van der Waals surface area contributed by atoms with Crippen molar-refractivity contribution >= 4 is 22.4 Å². The summed E-state index contributed by atoms with van der Waals surface area (Å²) in [5.74, 6) is -0.182. The third-order valence-electron chi connectivity index (χ3n) is 5.66. The van der Waals surface area contributed by atoms with Crippen LogP contribution in [0.25, 0.3) is 16.5 Å². The largest absolute Gasteiger partial charge is 0.394 e. The number of carbonyl (C=O) groups is 1. The first-order valence-corrected chi connectivity index (χ1v) is 9.05. The second-order valence-electron chi connectivity index (χ2n) is 7.23. The number of hydrogen-bond donors (Lipinski definition) is 3. The molecule has 132 valence electrons. The maximum absolute atomic E-state index is 12.7. The lowest BCUT2D eigenvalue weighted by Crippen LogP contribution is -2.48. The van der Waals surface area contributed by atoms with E-state index in [2.05, 4.69) is 52.7 Å². The van der Waals surface area contributed by atoms with Crippen LogP contribution in [0, 0.1) is 5.92 Å². The summed E-state index contributed by atoms with van der Waals surface area (Å²) < 4.78 is 0. The summed E-state index contributed by atoms with van der Waals surface area (Å²) in [4.78, 5) is 18.3. The number of nitrogens with one attached hydrogen (secondary N) is 2. The second-order valence-corrected chi connectivity index (χ2v) is 7.23. The number of aromatic nitrogens is 1. The van der Waals surface area contributed by atoms with Crippen molar-refractivity contribution in [1.29, 1.82) is 0 Å². The number of fused-ring (bicyclic) bond motifs is 2. The third-order valence-corrected chi connectivity index (χ3v) is 5.66. The molecule has 1 amide bonds. The van der Waals surface area contributed by atoms with Gasteiger partial charge in [0.2, 0.25) is 5.91 Å². The molecule has 3 atom stereocenters. The monoisotopic (exact) mass is 339 g/mol. The highest BCUT2D eigenvalue weighted by Gasteiger charge is 2.35. The van der Waals surface area contributed by atoms with Crippen LogP contribution in [-0.4, -0.2) is 53.2 Å². The zero-order valence-corrected chi connectivity index (χ0v) is 14.7. The Hall–Kier alpha value is -2.11. The summed E-state index contributed by atoms with van der Waals surface area (Å²) in [6.45, 7) is 2.66. The molecule has 2 aromatic rings. The van der Waals surface area contributed by atoms with Gasteiger partial charge in [0.1, 0.15) is 0 Å². The van der Waals surface area contributed by atoms with E-state index in [4.69, 9.17) is 0 Å². The molecule has 5 nitrogen and oxygen atoms in total. The molecule has 0 bridgehead atoms. The number of aliphatic hydroxyl groups is 1. The van der Waals surface area contributed by atoms with E-state index in [1.54, 1.807) is 0 Å². The first kappa shape index (κ1) is 16.4. The zero-order valence-electron chi connectivity index (χ0n) is 14.7. The fourth-order valence-corrected chi connectivity index (χ4v) is 4.20. The van der Waals surface area contributed by atoms with Crippen LogP contribution in [0.2, 0.25) is 0 Å². The molecule has 0 radical (unpaired) electrons. The van der Waals surface area contributed by atoms with Gasteiger partial charge in [0.15, 0.2) is 0 Å². The van der Waals surface area contributed by atoms with Gasteiger partial charge >= 0.3 is 0 Å². The van der Waals surface area contributed by atoms with Gasteiger partial charge < -0.3 is 15.4 Å². The predicted molar refractivity (Wildman–Crippen MR) is 99.2 cm³/mol. The minimum Gasteiger partial charge on any atom is -0.394 e. The summed E-state index contributed by atoms with van der Waals surface area (Å²) >= 11 is 0. The van der Waals surface area contributed by atoms with E-state index in [0.717, 1.165) is 18.4 Å². The molecule has 2 aliphatic rings. The smallest absolute Gasteiger partial charge is 0.228 e. The first-order valence-electron chi connectivity index (χ1n) is 9.05. The molecule has 25 heavy (non-hydrogen) atoms. The topological polar surface area (TPSA) is 68.4 Å². The van der Waals surface area contributed by atoms with Gasteiger partial charge in [-0.25, -0.2) is 0 Å². The van der Waals surface area contributed by atoms with Crippen molar-refractivity contribution in [2.75, 3.05) is 20.2 Å². The number of likely N-dealkylation sites (N-methyl/N-ethyl adjacent to an activating group) is 1. The molecule has 1 aliphatic carbocycles. The van der Waals surface area contributed by atoms with E-state index >= 15 is 0 Å². The molecule has 0 spiro atoms.